The van der Waals surface area contributed by atoms with Crippen LogP contribution in [0.3, 0.4) is 0 Å². The van der Waals surface area contributed by atoms with Crippen molar-refractivity contribution in [2.75, 3.05) is 20.3 Å². The van der Waals surface area contributed by atoms with Gasteiger partial charge in [-0.25, -0.2) is 0 Å². The van der Waals surface area contributed by atoms with Crippen molar-refractivity contribution >= 4 is 10.8 Å². The average molecular weight is 299 g/mol. The highest BCUT2D eigenvalue weighted by Crippen LogP contribution is 2.28. The molecule has 0 heterocycles. The Labute approximate surface area is 120 Å². The molecule has 0 fully saturated rings. The highest BCUT2D eigenvalue weighted by Gasteiger charge is 2.28. The third kappa shape index (κ3) is 4.34. The van der Waals surface area contributed by atoms with E-state index < -0.39 is 13.0 Å². The molecule has 0 aromatic heterocycles. The maximum absolute atomic E-state index is 11.9. The van der Waals surface area contributed by atoms with E-state index in [9.17, 15) is 13.2 Å². The van der Waals surface area contributed by atoms with Crippen LogP contribution in [0.25, 0.3) is 10.8 Å². The lowest BCUT2D eigenvalue weighted by Crippen LogP contribution is -2.18. The summed E-state index contributed by atoms with van der Waals surface area (Å²) < 4.78 is 44.8. The molecule has 1 N–H and O–H groups in total. The van der Waals surface area contributed by atoms with Gasteiger partial charge >= 0.3 is 6.36 Å². The molecule has 0 radical (unpaired) electrons. The molecule has 0 aliphatic carbocycles. The minimum absolute atomic E-state index is 0.158. The fourth-order valence-corrected chi connectivity index (χ4v) is 2.12. The topological polar surface area (TPSA) is 30.5 Å². The molecule has 0 amide bonds. The van der Waals surface area contributed by atoms with E-state index in [0.717, 1.165) is 16.3 Å². The van der Waals surface area contributed by atoms with Gasteiger partial charge in [0, 0.05) is 12.1 Å². The molecule has 0 saturated heterocycles. The lowest BCUT2D eigenvalue weighted by molar-refractivity contribution is -0.325. The third-order valence-electron chi connectivity index (χ3n) is 2.96. The summed E-state index contributed by atoms with van der Waals surface area (Å²) in [6.07, 6.45) is -4.62. The first-order chi connectivity index (χ1) is 10.0. The van der Waals surface area contributed by atoms with Crippen LogP contribution in [0.2, 0.25) is 0 Å². The lowest BCUT2D eigenvalue weighted by atomic mass is 10.0. The minimum Gasteiger partial charge on any atom is -0.491 e. The molecule has 6 heteroatoms. The fourth-order valence-electron chi connectivity index (χ4n) is 2.12. The monoisotopic (exact) mass is 299 g/mol. The van der Waals surface area contributed by atoms with Gasteiger partial charge < -0.3 is 10.1 Å². The smallest absolute Gasteiger partial charge is 0.491 e. The first-order valence-electron chi connectivity index (χ1n) is 6.50. The second-order valence-electron chi connectivity index (χ2n) is 4.44. The first kappa shape index (κ1) is 15.6. The van der Waals surface area contributed by atoms with Gasteiger partial charge in [-0.3, -0.25) is 4.74 Å². The first-order valence-corrected chi connectivity index (χ1v) is 6.50. The minimum atomic E-state index is -4.62. The summed E-state index contributed by atoms with van der Waals surface area (Å²) in [5.74, 6) is 0.564. The number of hydrogen-bond acceptors (Lipinski definition) is 3. The second kappa shape index (κ2) is 6.78. The van der Waals surface area contributed by atoms with Crippen molar-refractivity contribution < 1.29 is 22.6 Å². The van der Waals surface area contributed by atoms with E-state index in [1.807, 2.05) is 30.3 Å². The van der Waals surface area contributed by atoms with Crippen molar-refractivity contribution in [3.63, 3.8) is 0 Å². The summed E-state index contributed by atoms with van der Waals surface area (Å²) in [7, 11) is 1.80. The third-order valence-corrected chi connectivity index (χ3v) is 2.96. The van der Waals surface area contributed by atoms with Gasteiger partial charge in [0.2, 0.25) is 0 Å². The highest BCUT2D eigenvalue weighted by atomic mass is 19.4. The average Bonchev–Trinajstić information content (AvgIpc) is 2.44. The van der Waals surface area contributed by atoms with Crippen molar-refractivity contribution in [3.8, 4) is 5.75 Å². The molecule has 0 bridgehead atoms. The van der Waals surface area contributed by atoms with E-state index in [0.29, 0.717) is 12.3 Å². The van der Waals surface area contributed by atoms with E-state index in [-0.39, 0.29) is 6.61 Å². The molecule has 3 nitrogen and oxygen atoms in total. The Morgan fingerprint density at radius 2 is 1.81 bits per heavy atom. The number of rotatable bonds is 6. The molecule has 0 aliphatic rings. The van der Waals surface area contributed by atoms with Crippen LogP contribution >= 0.6 is 0 Å². The molecular weight excluding hydrogens is 283 g/mol. The van der Waals surface area contributed by atoms with Crippen molar-refractivity contribution in [2.45, 2.75) is 12.9 Å². The van der Waals surface area contributed by atoms with Crippen LogP contribution in [0.5, 0.6) is 5.75 Å². The summed E-state index contributed by atoms with van der Waals surface area (Å²) in [4.78, 5) is 0. The Kier molecular flexibility index (Phi) is 5.03. The number of hydrogen-bond donors (Lipinski definition) is 1. The van der Waals surface area contributed by atoms with E-state index >= 15 is 0 Å². The number of benzene rings is 2. The number of nitrogens with one attached hydrogen (secondary N) is 1. The molecule has 2 rings (SSSR count). The Morgan fingerprint density at radius 3 is 2.52 bits per heavy atom. The standard InChI is InChI=1S/C15H16F3NO2/c1-19-10-13-12-5-3-2-4-11(12)6-7-14(13)20-8-9-21-15(16,17)18/h2-7,19H,8-10H2,1H3. The molecule has 2 aromatic carbocycles. The number of alkyl halides is 3. The summed E-state index contributed by atoms with van der Waals surface area (Å²) >= 11 is 0. The van der Waals surface area contributed by atoms with E-state index in [1.165, 1.54) is 0 Å². The molecule has 0 spiro atoms. The lowest BCUT2D eigenvalue weighted by Gasteiger charge is -2.14. The largest absolute Gasteiger partial charge is 0.522 e. The van der Waals surface area contributed by atoms with Crippen molar-refractivity contribution in [2.24, 2.45) is 0 Å². The summed E-state index contributed by atoms with van der Waals surface area (Å²) in [6, 6.07) is 11.4. The normalized spacial score (nSPS) is 11.8. The predicted octanol–water partition coefficient (Wildman–Crippen LogP) is 3.47. The highest BCUT2D eigenvalue weighted by molar-refractivity contribution is 5.87. The van der Waals surface area contributed by atoms with Gasteiger partial charge in [0.25, 0.3) is 0 Å². The van der Waals surface area contributed by atoms with Crippen molar-refractivity contribution in [3.05, 3.63) is 42.0 Å². The van der Waals surface area contributed by atoms with Crippen LogP contribution in [0, 0.1) is 0 Å². The van der Waals surface area contributed by atoms with E-state index in [2.05, 4.69) is 10.1 Å². The zero-order valence-electron chi connectivity index (χ0n) is 11.5. The Hall–Kier alpha value is -1.79. The van der Waals surface area contributed by atoms with Crippen LogP contribution in [0.4, 0.5) is 13.2 Å². The Bertz CT molecular complexity index is 599. The molecule has 0 saturated carbocycles. The maximum Gasteiger partial charge on any atom is 0.522 e. The van der Waals surface area contributed by atoms with Gasteiger partial charge in [-0.15, -0.1) is 13.2 Å². The predicted molar refractivity (Wildman–Crippen MR) is 74.2 cm³/mol. The molecule has 21 heavy (non-hydrogen) atoms. The second-order valence-corrected chi connectivity index (χ2v) is 4.44. The van der Waals surface area contributed by atoms with Crippen LogP contribution in [0.1, 0.15) is 5.56 Å². The molecular formula is C15H16F3NO2. The van der Waals surface area contributed by atoms with Crippen LogP contribution in [0.15, 0.2) is 36.4 Å². The van der Waals surface area contributed by atoms with E-state index in [1.54, 1.807) is 13.1 Å². The van der Waals surface area contributed by atoms with Crippen LogP contribution in [-0.2, 0) is 11.3 Å². The van der Waals surface area contributed by atoms with Gasteiger partial charge in [-0.1, -0.05) is 30.3 Å². The fraction of sp³-hybridized carbons (Fsp3) is 0.333. The number of ether oxygens (including phenoxy) is 2. The van der Waals surface area contributed by atoms with Gasteiger partial charge in [-0.05, 0) is 23.9 Å². The molecule has 114 valence electrons. The van der Waals surface area contributed by atoms with E-state index in [4.69, 9.17) is 4.74 Å². The van der Waals surface area contributed by atoms with Crippen LogP contribution < -0.4 is 10.1 Å². The number of fused-ring (bicyclic) bond motifs is 1. The zero-order valence-corrected chi connectivity index (χ0v) is 11.5. The van der Waals surface area contributed by atoms with Crippen molar-refractivity contribution in [1.82, 2.24) is 5.32 Å². The molecule has 0 atom stereocenters. The maximum atomic E-state index is 11.9. The SMILES string of the molecule is CNCc1c(OCCOC(F)(F)F)ccc2ccccc12. The molecule has 0 aliphatic heterocycles. The van der Waals surface area contributed by atoms with Gasteiger partial charge in [0.1, 0.15) is 12.4 Å². The van der Waals surface area contributed by atoms with Gasteiger partial charge in [-0.2, -0.15) is 0 Å². The van der Waals surface area contributed by atoms with Crippen molar-refractivity contribution in [1.29, 1.82) is 0 Å². The number of halogens is 3. The van der Waals surface area contributed by atoms with Gasteiger partial charge in [0.05, 0.1) is 6.61 Å². The quantitative estimate of drug-likeness (QED) is 0.828. The Morgan fingerprint density at radius 1 is 1.05 bits per heavy atom. The van der Waals surface area contributed by atoms with Gasteiger partial charge in [0.15, 0.2) is 0 Å². The summed E-state index contributed by atoms with van der Waals surface area (Å²) in [6.45, 7) is -0.124. The van der Waals surface area contributed by atoms with Crippen LogP contribution in [-0.4, -0.2) is 26.6 Å². The molecule has 0 unspecified atom stereocenters. The summed E-state index contributed by atoms with van der Waals surface area (Å²) in [5, 5.41) is 5.11. The molecule has 2 aromatic rings. The Balaban J connectivity index is 2.13. The summed E-state index contributed by atoms with van der Waals surface area (Å²) in [5.41, 5.74) is 0.919. The zero-order chi connectivity index (χ0) is 15.3.